The summed E-state index contributed by atoms with van der Waals surface area (Å²) in [6.45, 7) is 0.623. The summed E-state index contributed by atoms with van der Waals surface area (Å²) in [6.07, 6.45) is 1.34. The Morgan fingerprint density at radius 1 is 1.26 bits per heavy atom. The van der Waals surface area contributed by atoms with Gasteiger partial charge in [0, 0.05) is 14.1 Å². The lowest BCUT2D eigenvalue weighted by atomic mass is 10.0. The van der Waals surface area contributed by atoms with Crippen molar-refractivity contribution >= 4 is 29.6 Å². The van der Waals surface area contributed by atoms with Gasteiger partial charge in [-0.3, -0.25) is 14.5 Å². The molecule has 4 rings (SSSR count). The first-order valence-corrected chi connectivity index (χ1v) is 9.43. The van der Waals surface area contributed by atoms with Gasteiger partial charge < -0.3 is 19.7 Å². The predicted octanol–water partition coefficient (Wildman–Crippen LogP) is 1.04. The quantitative estimate of drug-likeness (QED) is 0.831. The maximum Gasteiger partial charge on any atom is 0.327 e. The van der Waals surface area contributed by atoms with Gasteiger partial charge in [0.2, 0.25) is 5.91 Å². The number of hydrogen-bond acceptors (Lipinski definition) is 6. The molecular weight excluding hydrogens is 370 g/mol. The number of ether oxygens (including phenoxy) is 2. The molecule has 0 bridgehead atoms. The Morgan fingerprint density at radius 2 is 2.00 bits per heavy atom. The number of thioether (sulfide) groups is 1. The van der Waals surface area contributed by atoms with Crippen LogP contribution in [-0.2, 0) is 9.59 Å². The summed E-state index contributed by atoms with van der Waals surface area (Å²) in [5, 5.41) is 2.44. The van der Waals surface area contributed by atoms with Crippen LogP contribution in [0.15, 0.2) is 35.2 Å². The SMILES string of the molecule is CN1C(=O)C2C=C(C(=O)NCC3COc4ccccc4O3)SC2N(C)C1=O. The molecule has 1 saturated heterocycles. The zero-order valence-electron chi connectivity index (χ0n) is 14.9. The Bertz CT molecular complexity index is 842. The minimum absolute atomic E-state index is 0.281. The highest BCUT2D eigenvalue weighted by Gasteiger charge is 2.47. The highest BCUT2D eigenvalue weighted by Crippen LogP contribution is 2.41. The van der Waals surface area contributed by atoms with Crippen LogP contribution in [0.25, 0.3) is 0 Å². The van der Waals surface area contributed by atoms with Crippen molar-refractivity contribution in [1.29, 1.82) is 0 Å². The third-order valence-corrected chi connectivity index (χ3v) is 6.18. The monoisotopic (exact) mass is 389 g/mol. The number of carbonyl (C=O) groups is 3. The molecule has 3 aliphatic rings. The smallest absolute Gasteiger partial charge is 0.327 e. The van der Waals surface area contributed by atoms with Gasteiger partial charge in [0.05, 0.1) is 22.7 Å². The van der Waals surface area contributed by atoms with E-state index in [2.05, 4.69) is 5.32 Å². The van der Waals surface area contributed by atoms with E-state index < -0.39 is 5.92 Å². The number of para-hydroxylation sites is 2. The number of carbonyl (C=O) groups excluding carboxylic acids is 3. The Balaban J connectivity index is 1.37. The van der Waals surface area contributed by atoms with Crippen molar-refractivity contribution in [3.63, 3.8) is 0 Å². The van der Waals surface area contributed by atoms with Gasteiger partial charge >= 0.3 is 6.03 Å². The standard InChI is InChI=1S/C18H19N3O5S/c1-20-16(23)11-7-14(27-17(11)21(2)18(20)24)15(22)19-8-10-9-25-12-5-3-4-6-13(12)26-10/h3-7,10-11,17H,8-9H2,1-2H3,(H,19,22). The van der Waals surface area contributed by atoms with Crippen LogP contribution in [-0.4, -0.2) is 66.4 Å². The lowest BCUT2D eigenvalue weighted by molar-refractivity contribution is -0.133. The Morgan fingerprint density at radius 3 is 2.78 bits per heavy atom. The van der Waals surface area contributed by atoms with Crippen molar-refractivity contribution in [2.24, 2.45) is 5.92 Å². The van der Waals surface area contributed by atoms with Crippen molar-refractivity contribution in [3.8, 4) is 11.5 Å². The number of hydrogen-bond donors (Lipinski definition) is 1. The normalized spacial score (nSPS) is 26.6. The maximum absolute atomic E-state index is 12.5. The molecule has 1 aromatic rings. The molecule has 0 aliphatic carbocycles. The van der Waals surface area contributed by atoms with Gasteiger partial charge in [-0.2, -0.15) is 0 Å². The first kappa shape index (κ1) is 17.7. The number of amides is 4. The summed E-state index contributed by atoms with van der Waals surface area (Å²) >= 11 is 1.23. The summed E-state index contributed by atoms with van der Waals surface area (Å²) in [4.78, 5) is 39.9. The van der Waals surface area contributed by atoms with E-state index in [4.69, 9.17) is 9.47 Å². The lowest BCUT2D eigenvalue weighted by Crippen LogP contribution is -2.56. The van der Waals surface area contributed by atoms with Gasteiger partial charge in [0.15, 0.2) is 11.5 Å². The van der Waals surface area contributed by atoms with E-state index in [-0.39, 0.29) is 35.9 Å². The minimum Gasteiger partial charge on any atom is -0.486 e. The molecule has 0 radical (unpaired) electrons. The Kier molecular flexibility index (Phi) is 4.47. The van der Waals surface area contributed by atoms with Crippen LogP contribution in [0, 0.1) is 5.92 Å². The molecule has 142 valence electrons. The van der Waals surface area contributed by atoms with E-state index >= 15 is 0 Å². The first-order valence-electron chi connectivity index (χ1n) is 8.55. The molecule has 0 aromatic heterocycles. The molecule has 1 fully saturated rings. The number of fused-ring (bicyclic) bond motifs is 2. The van der Waals surface area contributed by atoms with Gasteiger partial charge in [-0.25, -0.2) is 4.79 Å². The molecule has 3 unspecified atom stereocenters. The third-order valence-electron chi connectivity index (χ3n) is 4.75. The second kappa shape index (κ2) is 6.80. The summed E-state index contributed by atoms with van der Waals surface area (Å²) < 4.78 is 11.5. The van der Waals surface area contributed by atoms with Gasteiger partial charge in [0.25, 0.3) is 5.91 Å². The maximum atomic E-state index is 12.5. The molecule has 3 aliphatic heterocycles. The van der Waals surface area contributed by atoms with E-state index in [0.717, 1.165) is 4.90 Å². The molecule has 0 saturated carbocycles. The highest BCUT2D eigenvalue weighted by molar-refractivity contribution is 8.04. The van der Waals surface area contributed by atoms with Crippen molar-refractivity contribution in [2.75, 3.05) is 27.2 Å². The van der Waals surface area contributed by atoms with Crippen molar-refractivity contribution in [1.82, 2.24) is 15.1 Å². The van der Waals surface area contributed by atoms with Gasteiger partial charge in [-0.1, -0.05) is 23.9 Å². The van der Waals surface area contributed by atoms with Crippen LogP contribution in [0.2, 0.25) is 0 Å². The molecule has 9 heteroatoms. The molecule has 0 spiro atoms. The second-order valence-corrected chi connectivity index (χ2v) is 7.72. The van der Waals surface area contributed by atoms with Crippen LogP contribution in [0.3, 0.4) is 0 Å². The number of urea groups is 1. The molecule has 3 heterocycles. The van der Waals surface area contributed by atoms with Crippen LogP contribution in [0.1, 0.15) is 0 Å². The Hall–Kier alpha value is -2.68. The van der Waals surface area contributed by atoms with Gasteiger partial charge in [0.1, 0.15) is 12.7 Å². The minimum atomic E-state index is -0.510. The van der Waals surface area contributed by atoms with Crippen molar-refractivity contribution < 1.29 is 23.9 Å². The topological polar surface area (TPSA) is 88.2 Å². The predicted molar refractivity (Wildman–Crippen MR) is 98.2 cm³/mol. The lowest BCUT2D eigenvalue weighted by Gasteiger charge is -2.37. The number of rotatable bonds is 3. The van der Waals surface area contributed by atoms with Gasteiger partial charge in [-0.05, 0) is 18.2 Å². The van der Waals surface area contributed by atoms with E-state index in [1.54, 1.807) is 13.1 Å². The molecule has 8 nitrogen and oxygen atoms in total. The zero-order chi connectivity index (χ0) is 19.1. The number of benzene rings is 1. The molecule has 3 atom stereocenters. The molecule has 27 heavy (non-hydrogen) atoms. The van der Waals surface area contributed by atoms with E-state index in [0.29, 0.717) is 23.0 Å². The fraction of sp³-hybridized carbons (Fsp3) is 0.389. The highest BCUT2D eigenvalue weighted by atomic mass is 32.2. The average molecular weight is 389 g/mol. The van der Waals surface area contributed by atoms with Crippen molar-refractivity contribution in [3.05, 3.63) is 35.2 Å². The van der Waals surface area contributed by atoms with Crippen LogP contribution >= 0.6 is 11.8 Å². The fourth-order valence-electron chi connectivity index (χ4n) is 3.25. The number of nitrogens with zero attached hydrogens (tertiary/aromatic N) is 2. The average Bonchev–Trinajstić information content (AvgIpc) is 3.14. The van der Waals surface area contributed by atoms with Crippen LogP contribution in [0.5, 0.6) is 11.5 Å². The third kappa shape index (κ3) is 3.12. The largest absolute Gasteiger partial charge is 0.486 e. The molecule has 4 amide bonds. The van der Waals surface area contributed by atoms with Crippen LogP contribution < -0.4 is 14.8 Å². The summed E-state index contributed by atoms with van der Waals surface area (Å²) in [6, 6.07) is 7.01. The zero-order valence-corrected chi connectivity index (χ0v) is 15.7. The number of imide groups is 1. The first-order chi connectivity index (χ1) is 13.0. The van der Waals surface area contributed by atoms with Crippen LogP contribution in [0.4, 0.5) is 4.79 Å². The van der Waals surface area contributed by atoms with E-state index in [9.17, 15) is 14.4 Å². The summed E-state index contributed by atoms with van der Waals surface area (Å²) in [7, 11) is 3.08. The second-order valence-electron chi connectivity index (χ2n) is 6.56. The fourth-order valence-corrected chi connectivity index (χ4v) is 4.51. The molecule has 1 N–H and O–H groups in total. The van der Waals surface area contributed by atoms with Crippen molar-refractivity contribution in [2.45, 2.75) is 11.5 Å². The van der Waals surface area contributed by atoms with E-state index in [1.165, 1.54) is 23.7 Å². The van der Waals surface area contributed by atoms with Gasteiger partial charge in [-0.15, -0.1) is 0 Å². The summed E-state index contributed by atoms with van der Waals surface area (Å²) in [5.41, 5.74) is 0. The Labute approximate surface area is 160 Å². The summed E-state index contributed by atoms with van der Waals surface area (Å²) in [5.74, 6) is 0.252. The molecular formula is C18H19N3O5S. The van der Waals surface area contributed by atoms with E-state index in [1.807, 2.05) is 24.3 Å². The molecule has 1 aromatic carbocycles. The number of nitrogens with one attached hydrogen (secondary N) is 1.